The van der Waals surface area contributed by atoms with Gasteiger partial charge in [-0.1, -0.05) is 29.3 Å². The second-order valence-corrected chi connectivity index (χ2v) is 9.82. The first-order valence-electron chi connectivity index (χ1n) is 10.9. The first-order valence-corrected chi connectivity index (χ1v) is 11.6. The van der Waals surface area contributed by atoms with Crippen LogP contribution in [0.1, 0.15) is 20.8 Å². The molecule has 12 heteroatoms. The first-order chi connectivity index (χ1) is 17.2. The minimum absolute atomic E-state index is 0.249. The van der Waals surface area contributed by atoms with Crippen molar-refractivity contribution in [3.8, 4) is 11.1 Å². The number of pyridine rings is 1. The Labute approximate surface area is 215 Å². The number of carbonyl (C=O) groups is 1. The van der Waals surface area contributed by atoms with Crippen LogP contribution < -0.4 is 16.0 Å². The van der Waals surface area contributed by atoms with Crippen molar-refractivity contribution in [1.29, 1.82) is 0 Å². The average Bonchev–Trinajstić information content (AvgIpc) is 3.26. The number of fused-ring (bicyclic) bond motifs is 2. The van der Waals surface area contributed by atoms with E-state index in [1.165, 1.54) is 0 Å². The summed E-state index contributed by atoms with van der Waals surface area (Å²) in [6, 6.07) is 11.9. The van der Waals surface area contributed by atoms with Crippen molar-refractivity contribution in [2.24, 2.45) is 0 Å². The summed E-state index contributed by atoms with van der Waals surface area (Å²) >= 11 is 13.0. The van der Waals surface area contributed by atoms with E-state index in [1.54, 1.807) is 48.7 Å². The maximum absolute atomic E-state index is 12.7. The number of hydrogen-bond donors (Lipinski definition) is 3. The summed E-state index contributed by atoms with van der Waals surface area (Å²) < 4.78 is 4.74. The molecule has 182 valence electrons. The molecule has 0 aliphatic carbocycles. The van der Waals surface area contributed by atoms with E-state index in [0.717, 1.165) is 0 Å². The number of amides is 2. The van der Waals surface area contributed by atoms with E-state index in [-0.39, 0.29) is 5.82 Å². The van der Waals surface area contributed by atoms with Gasteiger partial charge in [-0.15, -0.1) is 0 Å². The number of carbonyl (C=O) groups excluding carboxylic acids is 1. The molecule has 0 saturated carbocycles. The minimum Gasteiger partial charge on any atom is -0.333 e. The number of nitrogens with one attached hydrogen (secondary N) is 3. The van der Waals surface area contributed by atoms with Crippen LogP contribution in [-0.4, -0.2) is 36.8 Å². The van der Waals surface area contributed by atoms with Crippen molar-refractivity contribution < 1.29 is 9.42 Å². The monoisotopic (exact) mass is 522 g/mol. The van der Waals surface area contributed by atoms with Crippen LogP contribution in [0.3, 0.4) is 0 Å². The summed E-state index contributed by atoms with van der Waals surface area (Å²) in [6.45, 7) is 5.64. The van der Waals surface area contributed by atoms with Gasteiger partial charge in [0.15, 0.2) is 5.65 Å². The van der Waals surface area contributed by atoms with Crippen molar-refractivity contribution in [3.05, 3.63) is 58.7 Å². The zero-order valence-corrected chi connectivity index (χ0v) is 20.9. The van der Waals surface area contributed by atoms with Gasteiger partial charge in [0, 0.05) is 33.9 Å². The number of anilines is 3. The molecule has 0 saturated heterocycles. The molecule has 10 nitrogen and oxygen atoms in total. The van der Waals surface area contributed by atoms with Crippen molar-refractivity contribution in [3.63, 3.8) is 0 Å². The molecule has 5 aromatic rings. The fourth-order valence-electron chi connectivity index (χ4n) is 3.53. The van der Waals surface area contributed by atoms with E-state index < -0.39 is 11.6 Å². The largest absolute Gasteiger partial charge is 0.333 e. The van der Waals surface area contributed by atoms with Gasteiger partial charge in [-0.2, -0.15) is 4.98 Å². The van der Waals surface area contributed by atoms with Crippen LogP contribution in [0.4, 0.5) is 22.2 Å². The second-order valence-electron chi connectivity index (χ2n) is 9.01. The summed E-state index contributed by atoms with van der Waals surface area (Å²) in [5, 5.41) is 17.9. The average molecular weight is 523 g/mol. The molecule has 2 amide bonds. The van der Waals surface area contributed by atoms with Crippen molar-refractivity contribution >= 4 is 68.8 Å². The maximum atomic E-state index is 12.7. The van der Waals surface area contributed by atoms with Crippen molar-refractivity contribution in [2.45, 2.75) is 26.3 Å². The molecule has 2 aromatic carbocycles. The van der Waals surface area contributed by atoms with Gasteiger partial charge >= 0.3 is 6.03 Å². The summed E-state index contributed by atoms with van der Waals surface area (Å²) in [7, 11) is 0. The van der Waals surface area contributed by atoms with Gasteiger partial charge in [-0.3, -0.25) is 5.32 Å². The highest BCUT2D eigenvalue weighted by Gasteiger charge is 2.20. The van der Waals surface area contributed by atoms with Crippen LogP contribution in [0.15, 0.2) is 53.3 Å². The van der Waals surface area contributed by atoms with Crippen LogP contribution in [-0.2, 0) is 0 Å². The van der Waals surface area contributed by atoms with Gasteiger partial charge < -0.3 is 10.6 Å². The van der Waals surface area contributed by atoms with E-state index in [9.17, 15) is 4.79 Å². The summed E-state index contributed by atoms with van der Waals surface area (Å²) in [4.78, 5) is 26.3. The molecule has 0 radical (unpaired) electrons. The van der Waals surface area contributed by atoms with Crippen LogP contribution in [0.5, 0.6) is 0 Å². The quantitative estimate of drug-likeness (QED) is 0.254. The number of halogens is 2. The summed E-state index contributed by atoms with van der Waals surface area (Å²) in [5.41, 5.74) is 2.90. The van der Waals surface area contributed by atoms with E-state index in [2.05, 4.69) is 41.2 Å². The van der Waals surface area contributed by atoms with Gasteiger partial charge in [-0.25, -0.2) is 19.4 Å². The Hall–Kier alpha value is -4.02. The van der Waals surface area contributed by atoms with Crippen LogP contribution in [0, 0.1) is 0 Å². The SMILES string of the molecule is CC(C)(C)NC(=O)Nc1nc2nc(Nc3ccc4nonc4c3)ncc2cc1-c1c(Cl)cccc1Cl. The van der Waals surface area contributed by atoms with Gasteiger partial charge in [0.05, 0.1) is 10.0 Å². The Morgan fingerprint density at radius 2 is 1.72 bits per heavy atom. The fourth-order valence-corrected chi connectivity index (χ4v) is 4.13. The summed E-state index contributed by atoms with van der Waals surface area (Å²) in [6.07, 6.45) is 1.63. The zero-order chi connectivity index (χ0) is 25.4. The lowest BCUT2D eigenvalue weighted by Crippen LogP contribution is -2.43. The molecule has 36 heavy (non-hydrogen) atoms. The van der Waals surface area contributed by atoms with Crippen LogP contribution >= 0.6 is 23.2 Å². The Kier molecular flexibility index (Phi) is 6.07. The molecule has 3 heterocycles. The van der Waals surface area contributed by atoms with Crippen molar-refractivity contribution in [2.75, 3.05) is 10.6 Å². The third-order valence-corrected chi connectivity index (χ3v) is 5.66. The molecule has 0 unspecified atom stereocenters. The molecule has 0 bridgehead atoms. The molecule has 0 atom stereocenters. The predicted octanol–water partition coefficient (Wildman–Crippen LogP) is 6.20. The lowest BCUT2D eigenvalue weighted by Gasteiger charge is -2.21. The molecule has 0 aliphatic rings. The highest BCUT2D eigenvalue weighted by atomic mass is 35.5. The molecular weight excluding hydrogens is 503 g/mol. The Morgan fingerprint density at radius 1 is 0.972 bits per heavy atom. The molecule has 0 spiro atoms. The number of urea groups is 1. The van der Waals surface area contributed by atoms with Gasteiger partial charge in [-0.05, 0) is 67.5 Å². The third-order valence-electron chi connectivity index (χ3n) is 5.03. The van der Waals surface area contributed by atoms with Gasteiger partial charge in [0.2, 0.25) is 5.95 Å². The summed E-state index contributed by atoms with van der Waals surface area (Å²) in [5.74, 6) is 0.554. The molecule has 3 N–H and O–H groups in total. The smallest absolute Gasteiger partial charge is 0.320 e. The molecular formula is C24H20Cl2N8O2. The zero-order valence-electron chi connectivity index (χ0n) is 19.4. The number of aromatic nitrogens is 5. The first kappa shape index (κ1) is 23.7. The van der Waals surface area contributed by atoms with E-state index in [0.29, 0.717) is 54.9 Å². The van der Waals surface area contributed by atoms with E-state index >= 15 is 0 Å². The van der Waals surface area contributed by atoms with E-state index in [4.69, 9.17) is 27.8 Å². The molecule has 0 fully saturated rings. The number of rotatable bonds is 4. The van der Waals surface area contributed by atoms with Gasteiger partial charge in [0.25, 0.3) is 0 Å². The fraction of sp³-hybridized carbons (Fsp3) is 0.167. The van der Waals surface area contributed by atoms with Crippen molar-refractivity contribution in [1.82, 2.24) is 30.6 Å². The number of hydrogen-bond acceptors (Lipinski definition) is 8. The third kappa shape index (κ3) is 5.00. The predicted molar refractivity (Wildman–Crippen MR) is 140 cm³/mol. The highest BCUT2D eigenvalue weighted by Crippen LogP contribution is 2.39. The number of benzene rings is 2. The Balaban J connectivity index is 1.57. The maximum Gasteiger partial charge on any atom is 0.320 e. The molecule has 3 aromatic heterocycles. The molecule has 5 rings (SSSR count). The Morgan fingerprint density at radius 3 is 2.47 bits per heavy atom. The second kappa shape index (κ2) is 9.21. The van der Waals surface area contributed by atoms with Crippen LogP contribution in [0.2, 0.25) is 10.0 Å². The highest BCUT2D eigenvalue weighted by molar-refractivity contribution is 6.39. The lowest BCUT2D eigenvalue weighted by molar-refractivity contribution is 0.243. The topological polar surface area (TPSA) is 131 Å². The lowest BCUT2D eigenvalue weighted by atomic mass is 10.0. The molecule has 0 aliphatic heterocycles. The minimum atomic E-state index is -0.455. The number of nitrogens with zero attached hydrogens (tertiary/aromatic N) is 5. The van der Waals surface area contributed by atoms with Gasteiger partial charge in [0.1, 0.15) is 16.9 Å². The van der Waals surface area contributed by atoms with Crippen LogP contribution in [0.25, 0.3) is 33.2 Å². The Bertz CT molecular complexity index is 1590. The normalized spacial score (nSPS) is 11.6. The standard InChI is InChI=1S/C24H20Cl2N8O2/c1-24(2,3)32-23(35)31-21-14(19-15(25)5-4-6-16(19)26)9-12-11-27-22(30-20(12)29-21)28-13-7-8-17-18(10-13)34-36-33-17/h4-11H,1-3H3,(H3,27,28,29,30,31,32,35). The van der Waals surface area contributed by atoms with E-state index in [1.807, 2.05) is 20.8 Å².